The van der Waals surface area contributed by atoms with Crippen molar-refractivity contribution in [2.45, 2.75) is 187 Å². The van der Waals surface area contributed by atoms with Gasteiger partial charge in [-0.05, 0) is 215 Å². The Morgan fingerprint density at radius 2 is 1.54 bits per heavy atom. The SMILES string of the molecule is CC(C)Cc1cc2c3c(c1O)Cc1cccc(c1)C1NCC(Cc4cccc(c4)CC(=O)C4(CCCCC4)c4ccc(c(O)c4)CC45SSCCCC(O)C6CC(c7c(cc8c9c(ccc4c79)CC(CCCO)C8CCO)-c4c(O)cc7oc-2c(O)c(=O)c7c4O6)C5O)CC1SSC3. The van der Waals surface area contributed by atoms with Crippen LogP contribution in [0.3, 0.4) is 0 Å². The van der Waals surface area contributed by atoms with Crippen molar-refractivity contribution in [1.82, 2.24) is 5.32 Å². The molecule has 7 aromatic carbocycles. The zero-order chi connectivity index (χ0) is 67.5. The van der Waals surface area contributed by atoms with E-state index in [9.17, 15) is 40.9 Å². The number of benzene rings is 7. The first-order valence-corrected chi connectivity index (χ1v) is 40.4. The number of nitrogens with one attached hydrogen (secondary N) is 1. The molecule has 22 rings (SSSR count). The summed E-state index contributed by atoms with van der Waals surface area (Å²) in [5.74, 6) is -0.445. The minimum absolute atomic E-state index is 0.0000222. The molecule has 11 aliphatic heterocycles. The Kier molecular flexibility index (Phi) is 18.1. The number of ketones is 1. The fourth-order valence-corrected chi connectivity index (χ4v) is 25.3. The topological polar surface area (TPSA) is 230 Å². The molecule has 17 heteroatoms. The van der Waals surface area contributed by atoms with Gasteiger partial charge in [0.1, 0.15) is 45.9 Å². The molecule has 2 spiro atoms. The van der Waals surface area contributed by atoms with Gasteiger partial charge < -0.3 is 55.3 Å². The number of piperidine rings is 1. The van der Waals surface area contributed by atoms with Crippen LogP contribution in [0.25, 0.3) is 44.2 Å². The molecule has 3 aliphatic carbocycles. The van der Waals surface area contributed by atoms with Crippen LogP contribution < -0.4 is 15.5 Å². The average molecular weight is 1390 g/mol. The maximum absolute atomic E-state index is 16.0. The lowest BCUT2D eigenvalue weighted by Gasteiger charge is -2.49. The van der Waals surface area contributed by atoms with E-state index in [1.807, 2.05) is 18.2 Å². The van der Waals surface area contributed by atoms with E-state index < -0.39 is 45.6 Å². The van der Waals surface area contributed by atoms with Crippen LogP contribution in [-0.4, -0.2) is 95.7 Å². The molecule has 98 heavy (non-hydrogen) atoms. The minimum Gasteiger partial charge on any atom is -0.508 e. The van der Waals surface area contributed by atoms with Gasteiger partial charge in [0.2, 0.25) is 11.2 Å². The van der Waals surface area contributed by atoms with Gasteiger partial charge in [-0.25, -0.2) is 0 Å². The number of phenolic OH excluding ortho intramolecular Hbond substituents is 3. The zero-order valence-electron chi connectivity index (χ0n) is 55.6. The van der Waals surface area contributed by atoms with Gasteiger partial charge in [-0.1, -0.05) is 149 Å². The van der Waals surface area contributed by atoms with E-state index in [1.165, 1.54) is 11.6 Å². The molecule has 2 saturated heterocycles. The monoisotopic (exact) mass is 1390 g/mol. The molecule has 13 nitrogen and oxygen atoms in total. The van der Waals surface area contributed by atoms with Gasteiger partial charge in [0.25, 0.3) is 0 Å². The highest BCUT2D eigenvalue weighted by Gasteiger charge is 2.55. The summed E-state index contributed by atoms with van der Waals surface area (Å²) >= 11 is 0. The molecule has 10 atom stereocenters. The second-order valence-electron chi connectivity index (χ2n) is 30.0. The van der Waals surface area contributed by atoms with Crippen LogP contribution in [-0.2, 0) is 59.2 Å². The normalized spacial score (nSPS) is 26.4. The number of phenols is 3. The molecule has 512 valence electrons. The predicted octanol–water partition coefficient (Wildman–Crippen LogP) is 15.4. The van der Waals surface area contributed by atoms with Crippen molar-refractivity contribution >= 4 is 70.7 Å². The molecule has 9 N–H and O–H groups in total. The third-order valence-electron chi connectivity index (χ3n) is 23.6. The number of ether oxygens (including phenoxy) is 1. The number of aromatic hydroxyl groups is 4. The fourth-order valence-electron chi connectivity index (χ4n) is 19.0. The van der Waals surface area contributed by atoms with E-state index >= 15 is 9.59 Å². The first-order chi connectivity index (χ1) is 47.5. The second kappa shape index (κ2) is 26.7. The van der Waals surface area contributed by atoms with Gasteiger partial charge >= 0.3 is 0 Å². The quantitative estimate of drug-likeness (QED) is 0.0676. The molecule has 20 bridgehead atoms. The molecule has 0 amide bonds. The molecule has 10 unspecified atom stereocenters. The van der Waals surface area contributed by atoms with Crippen LogP contribution in [0.5, 0.6) is 28.7 Å². The first-order valence-electron chi connectivity index (χ1n) is 35.7. The van der Waals surface area contributed by atoms with Gasteiger partial charge in [-0.2, -0.15) is 0 Å². The predicted molar refractivity (Wildman–Crippen MR) is 393 cm³/mol. The third-order valence-corrected chi connectivity index (χ3v) is 29.5. The summed E-state index contributed by atoms with van der Waals surface area (Å²) in [4.78, 5) is 31.5. The fraction of sp³-hybridized carbons (Fsp3) is 0.457. The van der Waals surface area contributed by atoms with Crippen LogP contribution >= 0.6 is 43.2 Å². The Balaban J connectivity index is 0.969. The Morgan fingerprint density at radius 3 is 2.35 bits per heavy atom. The van der Waals surface area contributed by atoms with E-state index in [-0.39, 0.29) is 119 Å². The van der Waals surface area contributed by atoms with Gasteiger partial charge in [-0.15, -0.1) is 0 Å². The lowest BCUT2D eigenvalue weighted by Crippen LogP contribution is -2.48. The number of carbonyl (C=O) groups excluding carboxylic acids is 1. The number of Topliss-reactive ketones (excluding diaryl/α,β-unsaturated/α-hetero) is 1. The van der Waals surface area contributed by atoms with Crippen LogP contribution in [0.2, 0.25) is 0 Å². The zero-order valence-corrected chi connectivity index (χ0v) is 58.9. The molecular formula is C81H87NO12S4. The largest absolute Gasteiger partial charge is 0.508 e. The number of fused-ring (bicyclic) bond motifs is 4. The lowest BCUT2D eigenvalue weighted by molar-refractivity contribution is -0.125. The molecule has 12 heterocycles. The van der Waals surface area contributed by atoms with E-state index in [2.05, 4.69) is 92.0 Å². The molecular weight excluding hydrogens is 1310 g/mol. The minimum atomic E-state index is -1.20. The average Bonchev–Trinajstić information content (AvgIpc) is 0.730. The van der Waals surface area contributed by atoms with Crippen LogP contribution in [0, 0.1) is 17.8 Å². The highest BCUT2D eigenvalue weighted by atomic mass is 33.1. The molecule has 14 aliphatic rings. The number of hydrogen-bond donors (Lipinski definition) is 9. The first kappa shape index (κ1) is 66.4. The molecule has 8 aromatic rings. The van der Waals surface area contributed by atoms with E-state index in [4.69, 9.17) is 9.15 Å². The van der Waals surface area contributed by atoms with E-state index in [0.29, 0.717) is 109 Å². The highest BCUT2D eigenvalue weighted by molar-refractivity contribution is 8.77. The van der Waals surface area contributed by atoms with Crippen molar-refractivity contribution in [2.75, 3.05) is 25.5 Å². The number of aliphatic hydroxyl groups excluding tert-OH is 4. The van der Waals surface area contributed by atoms with E-state index in [1.54, 1.807) is 43.2 Å². The Bertz CT molecular complexity index is 4540. The van der Waals surface area contributed by atoms with E-state index in [0.717, 1.165) is 93.9 Å². The van der Waals surface area contributed by atoms with Crippen molar-refractivity contribution in [3.05, 3.63) is 180 Å². The molecule has 1 aromatic heterocycles. The lowest BCUT2D eigenvalue weighted by atomic mass is 9.62. The van der Waals surface area contributed by atoms with Crippen molar-refractivity contribution in [1.29, 1.82) is 0 Å². The van der Waals surface area contributed by atoms with Crippen LogP contribution in [0.1, 0.15) is 181 Å². The standard InChI is InChI=1S/C81H87NO12S4/c1-42(2)26-51-34-56-59-41-96-97-66-31-46(40-82-73(66)49-13-7-12-45(29-49)30-55(59)74(51)89)28-43-10-6-11-44(27-43)32-67(88)80(21-4-3-5-22-80)52-18-16-50(62(86)35-52)39-81-60-19-17-48-33-47(14-8-23-83)53(20-24-84)54-36-57-69(71(60)68(48)54)58(79(81)92)37-64(61(85)15-9-25-95-98-81)93-78-70(57)63(87)38-65-72(78)75(90)76(91)77(56)94-65/h6-7,10-13,16-19,27,29,34-36,38,42,46-47,53,58,61,64,66,73,79,82-87,89,91-92H,3-5,8-9,14-15,20-26,28,30-33,37,39-41H2,1-2H3. The number of aliphatic hydroxyl groups is 4. The summed E-state index contributed by atoms with van der Waals surface area (Å²) in [5.41, 5.74) is 10.7. The van der Waals surface area contributed by atoms with Gasteiger partial charge in [0.05, 0.1) is 27.9 Å². The highest BCUT2D eigenvalue weighted by Crippen LogP contribution is 2.65. The number of carbonyl (C=O) groups is 1. The third kappa shape index (κ3) is 11.4. The maximum atomic E-state index is 16.0. The molecule has 1 saturated carbocycles. The smallest absolute Gasteiger partial charge is 0.238 e. The summed E-state index contributed by atoms with van der Waals surface area (Å²) in [6.45, 7) is 4.84. The second-order valence-corrected chi connectivity index (χ2v) is 35.4. The van der Waals surface area contributed by atoms with Gasteiger partial charge in [0, 0.05) is 72.0 Å². The summed E-state index contributed by atoms with van der Waals surface area (Å²) in [6, 6.07) is 32.7. The number of rotatable bonds is 7. The Labute approximate surface area is 587 Å². The van der Waals surface area contributed by atoms with Crippen LogP contribution in [0.4, 0.5) is 0 Å². The summed E-state index contributed by atoms with van der Waals surface area (Å²) in [6.07, 6.45) is 6.93. The molecule has 0 radical (unpaired) electrons. The molecule has 3 fully saturated rings. The summed E-state index contributed by atoms with van der Waals surface area (Å²) in [7, 11) is 6.68. The summed E-state index contributed by atoms with van der Waals surface area (Å²) in [5, 5.41) is 106. The Morgan fingerprint density at radius 1 is 0.735 bits per heavy atom. The van der Waals surface area contributed by atoms with Crippen molar-refractivity contribution in [3.8, 4) is 51.2 Å². The maximum Gasteiger partial charge on any atom is 0.238 e. The Hall–Kier alpha value is -6.12. The summed E-state index contributed by atoms with van der Waals surface area (Å²) < 4.78 is 13.2. The van der Waals surface area contributed by atoms with Gasteiger partial charge in [0.15, 0.2) is 5.76 Å². The number of hydrogen-bond acceptors (Lipinski definition) is 17. The van der Waals surface area contributed by atoms with Gasteiger partial charge in [-0.3, -0.25) is 9.59 Å². The van der Waals surface area contributed by atoms with Crippen molar-refractivity contribution in [2.24, 2.45) is 17.8 Å². The van der Waals surface area contributed by atoms with Crippen molar-refractivity contribution in [3.63, 3.8) is 0 Å². The van der Waals surface area contributed by atoms with Crippen molar-refractivity contribution < 1.29 is 54.8 Å². The van der Waals surface area contributed by atoms with Crippen LogP contribution in [0.15, 0.2) is 106 Å².